The molecule has 1 aliphatic rings. The Morgan fingerprint density at radius 3 is 2.82 bits per heavy atom. The Morgan fingerprint density at radius 2 is 2.03 bits per heavy atom. The molecule has 4 aromatic rings. The number of fused-ring (bicyclic) bond motifs is 2. The van der Waals surface area contributed by atoms with Crippen LogP contribution in [0.1, 0.15) is 42.4 Å². The molecule has 0 saturated heterocycles. The van der Waals surface area contributed by atoms with Crippen LogP contribution in [-0.2, 0) is 13.2 Å². The van der Waals surface area contributed by atoms with Crippen molar-refractivity contribution >= 4 is 32.6 Å². The molecule has 0 atom stereocenters. The molecule has 3 N–H and O–H groups in total. The number of aryl methyl sites for hydroxylation is 1. The maximum absolute atomic E-state index is 9.68. The molecule has 0 saturated carbocycles. The standard InChI is InChI=1S/C24H26N6O2S/c1-13(2)21-14(3)27-20(12-31)29-22(21)30-6-7-32-19-5-4-15(8-17(19)11-30)16-9-18-23(26-10-16)33-24(25)28-18/h4-5,8-10,13,31H,6-7,11-12H2,1-3H3,(H2,25,28). The summed E-state index contributed by atoms with van der Waals surface area (Å²) < 4.78 is 6.07. The SMILES string of the molecule is Cc1nc(CO)nc(N2CCOc3ccc(-c4cnc5sc(N)nc5c4)cc3C2)c1C(C)C. The summed E-state index contributed by atoms with van der Waals surface area (Å²) >= 11 is 1.39. The fourth-order valence-electron chi connectivity index (χ4n) is 4.36. The zero-order valence-electron chi connectivity index (χ0n) is 18.9. The van der Waals surface area contributed by atoms with E-state index in [4.69, 9.17) is 15.5 Å². The first-order valence-corrected chi connectivity index (χ1v) is 11.8. The van der Waals surface area contributed by atoms with Crippen molar-refractivity contribution in [2.45, 2.75) is 39.8 Å². The number of hydrogen-bond donors (Lipinski definition) is 2. The summed E-state index contributed by atoms with van der Waals surface area (Å²) in [5.74, 6) is 2.43. The van der Waals surface area contributed by atoms with Crippen molar-refractivity contribution in [1.82, 2.24) is 19.9 Å². The maximum Gasteiger partial charge on any atom is 0.182 e. The van der Waals surface area contributed by atoms with Gasteiger partial charge in [-0.15, -0.1) is 0 Å². The van der Waals surface area contributed by atoms with Crippen LogP contribution in [0.15, 0.2) is 30.5 Å². The second kappa shape index (κ2) is 8.57. The van der Waals surface area contributed by atoms with Crippen molar-refractivity contribution in [3.8, 4) is 16.9 Å². The quantitative estimate of drug-likeness (QED) is 0.467. The van der Waals surface area contributed by atoms with E-state index in [2.05, 4.69) is 39.8 Å². The molecule has 0 radical (unpaired) electrons. The molecule has 8 nitrogen and oxygen atoms in total. The number of thiazole rings is 1. The number of rotatable bonds is 4. The van der Waals surface area contributed by atoms with Gasteiger partial charge in [-0.05, 0) is 36.6 Å². The maximum atomic E-state index is 9.68. The van der Waals surface area contributed by atoms with Gasteiger partial charge in [-0.2, -0.15) is 0 Å². The Kier molecular flexibility index (Phi) is 5.59. The molecular formula is C24H26N6O2S. The van der Waals surface area contributed by atoms with Crippen LogP contribution in [0.3, 0.4) is 0 Å². The van der Waals surface area contributed by atoms with Crippen LogP contribution in [0.2, 0.25) is 0 Å². The first-order valence-electron chi connectivity index (χ1n) is 10.9. The molecule has 0 bridgehead atoms. The Hall–Kier alpha value is -3.30. The predicted octanol–water partition coefficient (Wildman–Crippen LogP) is 4.05. The molecule has 0 aliphatic carbocycles. The first-order chi connectivity index (χ1) is 15.9. The molecule has 0 amide bonds. The molecule has 3 aromatic heterocycles. The first kappa shape index (κ1) is 21.5. The number of anilines is 2. The van der Waals surface area contributed by atoms with Crippen molar-refractivity contribution in [3.63, 3.8) is 0 Å². The fourth-order valence-corrected chi connectivity index (χ4v) is 5.02. The van der Waals surface area contributed by atoms with Gasteiger partial charge in [-0.1, -0.05) is 31.3 Å². The summed E-state index contributed by atoms with van der Waals surface area (Å²) in [6.45, 7) is 7.96. The monoisotopic (exact) mass is 462 g/mol. The van der Waals surface area contributed by atoms with Gasteiger partial charge in [0.2, 0.25) is 0 Å². The van der Waals surface area contributed by atoms with Crippen molar-refractivity contribution in [2.24, 2.45) is 0 Å². The normalized spacial score (nSPS) is 13.8. The van der Waals surface area contributed by atoms with Crippen LogP contribution in [0.25, 0.3) is 21.5 Å². The highest BCUT2D eigenvalue weighted by Gasteiger charge is 2.23. The summed E-state index contributed by atoms with van der Waals surface area (Å²) in [4.78, 5) is 21.1. The van der Waals surface area contributed by atoms with Crippen LogP contribution >= 0.6 is 11.3 Å². The number of benzene rings is 1. The summed E-state index contributed by atoms with van der Waals surface area (Å²) in [6.07, 6.45) is 1.86. The number of nitrogens with two attached hydrogens (primary N) is 1. The second-order valence-electron chi connectivity index (χ2n) is 8.47. The lowest BCUT2D eigenvalue weighted by molar-refractivity contribution is 0.270. The minimum Gasteiger partial charge on any atom is -0.491 e. The number of aromatic nitrogens is 4. The van der Waals surface area contributed by atoms with E-state index in [0.717, 1.165) is 49.9 Å². The lowest BCUT2D eigenvalue weighted by atomic mass is 10.0. The Morgan fingerprint density at radius 1 is 1.18 bits per heavy atom. The lowest BCUT2D eigenvalue weighted by Crippen LogP contribution is -2.28. The molecule has 0 fully saturated rings. The van der Waals surface area contributed by atoms with Crippen molar-refractivity contribution in [3.05, 3.63) is 53.1 Å². The van der Waals surface area contributed by atoms with Gasteiger partial charge in [0.15, 0.2) is 11.0 Å². The third-order valence-corrected chi connectivity index (χ3v) is 6.63. The molecule has 5 rings (SSSR count). The minimum absolute atomic E-state index is 0.187. The highest BCUT2D eigenvalue weighted by Crippen LogP contribution is 2.34. The van der Waals surface area contributed by atoms with E-state index in [1.807, 2.05) is 31.3 Å². The molecule has 9 heteroatoms. The Bertz CT molecular complexity index is 1340. The average Bonchev–Trinajstić information content (AvgIpc) is 3.03. The van der Waals surface area contributed by atoms with Crippen LogP contribution in [-0.4, -0.2) is 38.2 Å². The topological polar surface area (TPSA) is 110 Å². The Labute approximate surface area is 196 Å². The van der Waals surface area contributed by atoms with E-state index in [9.17, 15) is 5.11 Å². The number of nitrogen functional groups attached to an aromatic ring is 1. The van der Waals surface area contributed by atoms with Gasteiger partial charge in [0.05, 0.1) is 6.54 Å². The summed E-state index contributed by atoms with van der Waals surface area (Å²) in [5.41, 5.74) is 11.7. The van der Waals surface area contributed by atoms with Crippen molar-refractivity contribution in [1.29, 1.82) is 0 Å². The average molecular weight is 463 g/mol. The number of nitrogens with zero attached hydrogens (tertiary/aromatic N) is 5. The zero-order chi connectivity index (χ0) is 23.1. The Balaban J connectivity index is 1.54. The van der Waals surface area contributed by atoms with Gasteiger partial charge in [0.1, 0.15) is 35.1 Å². The fraction of sp³-hybridized carbons (Fsp3) is 0.333. The van der Waals surface area contributed by atoms with E-state index >= 15 is 0 Å². The van der Waals surface area contributed by atoms with E-state index < -0.39 is 0 Å². The number of pyridine rings is 1. The minimum atomic E-state index is -0.187. The van der Waals surface area contributed by atoms with Gasteiger partial charge in [0.25, 0.3) is 0 Å². The van der Waals surface area contributed by atoms with Gasteiger partial charge >= 0.3 is 0 Å². The number of ether oxygens (including phenoxy) is 1. The van der Waals surface area contributed by atoms with Gasteiger partial charge in [-0.3, -0.25) is 0 Å². The summed E-state index contributed by atoms with van der Waals surface area (Å²) in [5, 5.41) is 10.2. The van der Waals surface area contributed by atoms with Gasteiger partial charge in [0, 0.05) is 35.1 Å². The molecule has 0 unspecified atom stereocenters. The highest BCUT2D eigenvalue weighted by atomic mass is 32.1. The number of aliphatic hydroxyl groups is 1. The van der Waals surface area contributed by atoms with E-state index in [-0.39, 0.29) is 12.5 Å². The molecule has 1 aliphatic heterocycles. The van der Waals surface area contributed by atoms with E-state index in [1.54, 1.807) is 0 Å². The van der Waals surface area contributed by atoms with E-state index in [0.29, 0.717) is 30.7 Å². The molecular weight excluding hydrogens is 436 g/mol. The van der Waals surface area contributed by atoms with Crippen LogP contribution < -0.4 is 15.4 Å². The van der Waals surface area contributed by atoms with E-state index in [1.165, 1.54) is 11.3 Å². The van der Waals surface area contributed by atoms with Gasteiger partial charge in [-0.25, -0.2) is 19.9 Å². The molecule has 1 aromatic carbocycles. The lowest BCUT2D eigenvalue weighted by Gasteiger charge is -2.26. The highest BCUT2D eigenvalue weighted by molar-refractivity contribution is 7.21. The molecule has 0 spiro atoms. The second-order valence-corrected chi connectivity index (χ2v) is 9.48. The third kappa shape index (κ3) is 4.09. The van der Waals surface area contributed by atoms with Crippen molar-refractivity contribution < 1.29 is 9.84 Å². The third-order valence-electron chi connectivity index (χ3n) is 5.82. The number of hydrogen-bond acceptors (Lipinski definition) is 9. The van der Waals surface area contributed by atoms with Crippen molar-refractivity contribution in [2.75, 3.05) is 23.8 Å². The largest absolute Gasteiger partial charge is 0.491 e. The summed E-state index contributed by atoms with van der Waals surface area (Å²) in [6, 6.07) is 8.22. The van der Waals surface area contributed by atoms with Crippen LogP contribution in [0.5, 0.6) is 5.75 Å². The number of aliphatic hydroxyl groups excluding tert-OH is 1. The smallest absolute Gasteiger partial charge is 0.182 e. The van der Waals surface area contributed by atoms with Crippen LogP contribution in [0, 0.1) is 6.92 Å². The molecule has 4 heterocycles. The zero-order valence-corrected chi connectivity index (χ0v) is 19.7. The predicted molar refractivity (Wildman–Crippen MR) is 131 cm³/mol. The van der Waals surface area contributed by atoms with Gasteiger partial charge < -0.3 is 20.5 Å². The summed E-state index contributed by atoms with van der Waals surface area (Å²) in [7, 11) is 0. The molecule has 170 valence electrons. The van der Waals surface area contributed by atoms with Crippen LogP contribution in [0.4, 0.5) is 10.9 Å². The molecule has 33 heavy (non-hydrogen) atoms.